The number of benzene rings is 3. The van der Waals surface area contributed by atoms with E-state index in [-0.39, 0.29) is 0 Å². The molecule has 3 aromatic carbocycles. The fourth-order valence-corrected chi connectivity index (χ4v) is 4.67. The Kier molecular flexibility index (Phi) is 5.37. The third-order valence-corrected chi connectivity index (χ3v) is 6.63. The zero-order chi connectivity index (χ0) is 25.3. The van der Waals surface area contributed by atoms with Gasteiger partial charge in [-0.05, 0) is 54.6 Å². The quantitative estimate of drug-likeness (QED) is 0.255. The Labute approximate surface area is 219 Å². The smallest absolute Gasteiger partial charge is 0.160 e. The molecule has 0 saturated heterocycles. The predicted octanol–water partition coefficient (Wildman–Crippen LogP) is 7.64. The minimum Gasteiger partial charge on any atom is -0.256 e. The van der Waals surface area contributed by atoms with Crippen LogP contribution < -0.4 is 0 Å². The van der Waals surface area contributed by atoms with Crippen molar-refractivity contribution in [2.24, 2.45) is 0 Å². The lowest BCUT2D eigenvalue weighted by Crippen LogP contribution is -1.96. The molecule has 0 saturated carbocycles. The molecule has 178 valence electrons. The lowest BCUT2D eigenvalue weighted by molar-refractivity contribution is 1.18. The van der Waals surface area contributed by atoms with Crippen molar-refractivity contribution in [3.63, 3.8) is 0 Å². The predicted molar refractivity (Wildman–Crippen MR) is 152 cm³/mol. The van der Waals surface area contributed by atoms with E-state index in [0.717, 1.165) is 61.1 Å². The van der Waals surface area contributed by atoms with Crippen molar-refractivity contribution in [1.82, 2.24) is 24.9 Å². The van der Waals surface area contributed by atoms with Crippen LogP contribution >= 0.6 is 0 Å². The Morgan fingerprint density at radius 2 is 0.921 bits per heavy atom. The summed E-state index contributed by atoms with van der Waals surface area (Å²) < 4.78 is 0. The molecular formula is C33H21N5. The van der Waals surface area contributed by atoms with Gasteiger partial charge in [-0.15, -0.1) is 0 Å². The number of nitrogens with zero attached hydrogens (tertiary/aromatic N) is 5. The Balaban J connectivity index is 1.38. The molecule has 0 amide bonds. The van der Waals surface area contributed by atoms with Gasteiger partial charge in [0.2, 0.25) is 0 Å². The van der Waals surface area contributed by atoms with E-state index >= 15 is 0 Å². The molecule has 0 radical (unpaired) electrons. The fraction of sp³-hybridized carbons (Fsp3) is 0. The molecule has 0 unspecified atom stereocenters. The van der Waals surface area contributed by atoms with Gasteiger partial charge in [-0.25, -0.2) is 9.97 Å². The van der Waals surface area contributed by atoms with Gasteiger partial charge in [-0.1, -0.05) is 54.6 Å². The van der Waals surface area contributed by atoms with Crippen molar-refractivity contribution in [3.05, 3.63) is 128 Å². The maximum Gasteiger partial charge on any atom is 0.160 e. The highest BCUT2D eigenvalue weighted by molar-refractivity contribution is 5.86. The molecule has 0 aliphatic rings. The van der Waals surface area contributed by atoms with Gasteiger partial charge in [-0.2, -0.15) is 0 Å². The zero-order valence-electron chi connectivity index (χ0n) is 20.4. The highest BCUT2D eigenvalue weighted by Crippen LogP contribution is 2.31. The van der Waals surface area contributed by atoms with Crippen LogP contribution in [0.25, 0.3) is 67.0 Å². The molecular weight excluding hydrogens is 466 g/mol. The highest BCUT2D eigenvalue weighted by Gasteiger charge is 2.12. The lowest BCUT2D eigenvalue weighted by atomic mass is 10.0. The van der Waals surface area contributed by atoms with Crippen LogP contribution in [0.5, 0.6) is 0 Å². The standard InChI is InChI=1S/C33H21N5/c1-2-16-34-28(7-1)22-8-10-23(11-9-22)33-37-31(26-12-14-29-24(19-26)5-3-17-35-29)21-32(38-33)27-13-15-30-25(20-27)6-4-18-36-30/h1-21H. The summed E-state index contributed by atoms with van der Waals surface area (Å²) in [4.78, 5) is 23.4. The second-order valence-electron chi connectivity index (χ2n) is 9.08. The molecule has 0 aliphatic heterocycles. The van der Waals surface area contributed by atoms with Crippen molar-refractivity contribution in [2.75, 3.05) is 0 Å². The Morgan fingerprint density at radius 3 is 1.50 bits per heavy atom. The minimum atomic E-state index is 0.669. The summed E-state index contributed by atoms with van der Waals surface area (Å²) in [5.41, 5.74) is 8.59. The lowest BCUT2D eigenvalue weighted by Gasteiger charge is -2.11. The number of pyridine rings is 3. The van der Waals surface area contributed by atoms with E-state index in [1.807, 2.05) is 54.9 Å². The average molecular weight is 488 g/mol. The van der Waals surface area contributed by atoms with E-state index in [9.17, 15) is 0 Å². The molecule has 0 N–H and O–H groups in total. The molecule has 38 heavy (non-hydrogen) atoms. The first-order valence-electron chi connectivity index (χ1n) is 12.4. The third-order valence-electron chi connectivity index (χ3n) is 6.63. The van der Waals surface area contributed by atoms with Crippen molar-refractivity contribution in [2.45, 2.75) is 0 Å². The van der Waals surface area contributed by atoms with Gasteiger partial charge in [0.15, 0.2) is 5.82 Å². The number of hydrogen-bond acceptors (Lipinski definition) is 5. The third kappa shape index (κ3) is 4.16. The Bertz CT molecular complexity index is 1820. The van der Waals surface area contributed by atoms with Crippen LogP contribution in [-0.4, -0.2) is 24.9 Å². The number of rotatable bonds is 4. The maximum absolute atomic E-state index is 5.01. The van der Waals surface area contributed by atoms with Crippen molar-refractivity contribution in [3.8, 4) is 45.2 Å². The molecule has 7 aromatic rings. The van der Waals surface area contributed by atoms with E-state index in [1.165, 1.54) is 0 Å². The molecule has 4 aromatic heterocycles. The fourth-order valence-electron chi connectivity index (χ4n) is 4.67. The van der Waals surface area contributed by atoms with Gasteiger partial charge in [-0.3, -0.25) is 15.0 Å². The van der Waals surface area contributed by atoms with E-state index < -0.39 is 0 Å². The van der Waals surface area contributed by atoms with E-state index in [0.29, 0.717) is 5.82 Å². The molecule has 7 rings (SSSR count). The van der Waals surface area contributed by atoms with Crippen LogP contribution in [-0.2, 0) is 0 Å². The summed E-state index contributed by atoms with van der Waals surface area (Å²) in [6, 6.07) is 36.7. The first-order chi connectivity index (χ1) is 18.8. The molecule has 5 heteroatoms. The van der Waals surface area contributed by atoms with Crippen molar-refractivity contribution >= 4 is 21.8 Å². The second kappa shape index (κ2) is 9.30. The molecule has 5 nitrogen and oxygen atoms in total. The number of aromatic nitrogens is 5. The van der Waals surface area contributed by atoms with Crippen molar-refractivity contribution < 1.29 is 0 Å². The molecule has 0 atom stereocenters. The molecule has 0 fully saturated rings. The highest BCUT2D eigenvalue weighted by atomic mass is 14.9. The first kappa shape index (κ1) is 21.9. The van der Waals surface area contributed by atoms with Crippen molar-refractivity contribution in [1.29, 1.82) is 0 Å². The summed E-state index contributed by atoms with van der Waals surface area (Å²) >= 11 is 0. The molecule has 0 spiro atoms. The number of fused-ring (bicyclic) bond motifs is 2. The zero-order valence-corrected chi connectivity index (χ0v) is 20.4. The van der Waals surface area contributed by atoms with E-state index in [4.69, 9.17) is 9.97 Å². The summed E-state index contributed by atoms with van der Waals surface area (Å²) in [5, 5.41) is 2.14. The van der Waals surface area contributed by atoms with Gasteiger partial charge in [0.25, 0.3) is 0 Å². The summed E-state index contributed by atoms with van der Waals surface area (Å²) in [6.45, 7) is 0. The van der Waals surface area contributed by atoms with Crippen LogP contribution in [0.4, 0.5) is 0 Å². The van der Waals surface area contributed by atoms with Gasteiger partial charge in [0, 0.05) is 51.6 Å². The van der Waals surface area contributed by atoms with Crippen LogP contribution in [0.1, 0.15) is 0 Å². The SMILES string of the molecule is c1ccc(-c2ccc(-c3nc(-c4ccc5ncccc5c4)cc(-c4ccc5ncccc5c4)n3)cc2)nc1. The van der Waals surface area contributed by atoms with Gasteiger partial charge in [0.05, 0.1) is 28.1 Å². The number of hydrogen-bond donors (Lipinski definition) is 0. The molecule has 0 aliphatic carbocycles. The molecule has 4 heterocycles. The van der Waals surface area contributed by atoms with Crippen LogP contribution in [0.15, 0.2) is 128 Å². The van der Waals surface area contributed by atoms with Gasteiger partial charge < -0.3 is 0 Å². The minimum absolute atomic E-state index is 0.669. The average Bonchev–Trinajstić information content (AvgIpc) is 3.01. The normalized spacial score (nSPS) is 11.2. The monoisotopic (exact) mass is 487 g/mol. The summed E-state index contributed by atoms with van der Waals surface area (Å²) in [5.74, 6) is 0.669. The van der Waals surface area contributed by atoms with Crippen LogP contribution in [0.3, 0.4) is 0 Å². The van der Waals surface area contributed by atoms with Gasteiger partial charge in [0.1, 0.15) is 0 Å². The van der Waals surface area contributed by atoms with E-state index in [1.54, 1.807) is 6.20 Å². The summed E-state index contributed by atoms with van der Waals surface area (Å²) in [7, 11) is 0. The Hall–Kier alpha value is -5.29. The topological polar surface area (TPSA) is 64.5 Å². The Morgan fingerprint density at radius 1 is 0.368 bits per heavy atom. The summed E-state index contributed by atoms with van der Waals surface area (Å²) in [6.07, 6.45) is 5.43. The maximum atomic E-state index is 5.01. The first-order valence-corrected chi connectivity index (χ1v) is 12.4. The van der Waals surface area contributed by atoms with Crippen LogP contribution in [0, 0.1) is 0 Å². The van der Waals surface area contributed by atoms with Gasteiger partial charge >= 0.3 is 0 Å². The second-order valence-corrected chi connectivity index (χ2v) is 9.08. The van der Waals surface area contributed by atoms with Crippen LogP contribution in [0.2, 0.25) is 0 Å². The van der Waals surface area contributed by atoms with E-state index in [2.05, 4.69) is 81.7 Å². The molecule has 0 bridgehead atoms. The largest absolute Gasteiger partial charge is 0.256 e.